The summed E-state index contributed by atoms with van der Waals surface area (Å²) in [6.45, 7) is 11.7. The number of hydrogen-bond donors (Lipinski definition) is 3. The number of carbonyl (C=O) groups excluding carboxylic acids is 1. The summed E-state index contributed by atoms with van der Waals surface area (Å²) in [4.78, 5) is 18.9. The molecule has 0 aromatic heterocycles. The molecule has 2 rings (SSSR count). The molecule has 1 unspecified atom stereocenters. The molecule has 158 valence electrons. The molecule has 7 nitrogen and oxygen atoms in total. The molecule has 0 bridgehead atoms. The number of nitrogens with zero attached hydrogens (tertiary/aromatic N) is 2. The van der Waals surface area contributed by atoms with Gasteiger partial charge in [0.2, 0.25) is 0 Å². The predicted molar refractivity (Wildman–Crippen MR) is 121 cm³/mol. The van der Waals surface area contributed by atoms with Gasteiger partial charge in [-0.25, -0.2) is 4.79 Å². The third-order valence-electron chi connectivity index (χ3n) is 4.80. The largest absolute Gasteiger partial charge is 0.444 e. The van der Waals surface area contributed by atoms with Crippen LogP contribution in [-0.2, 0) is 4.74 Å². The second-order valence-electron chi connectivity index (χ2n) is 8.25. The average molecular weight is 495 g/mol. The standard InChI is InChI=1S/C19H37N5O2.HI/c1-5-20-17(21-11-12-22-18(25)26-19(2,3)4)23-15-10-13-24(14-15)16-8-6-7-9-16;/h15-16H,5-14H2,1-4H3,(H,22,25)(H2,20,21,23);1H. The van der Waals surface area contributed by atoms with Crippen LogP contribution in [-0.4, -0.2) is 67.4 Å². The van der Waals surface area contributed by atoms with Crippen LogP contribution in [0.25, 0.3) is 0 Å². The van der Waals surface area contributed by atoms with Crippen LogP contribution in [0.2, 0.25) is 0 Å². The first kappa shape index (κ1) is 24.3. The molecular formula is C19H38IN5O2. The van der Waals surface area contributed by atoms with Crippen LogP contribution in [0, 0.1) is 0 Å². The highest BCUT2D eigenvalue weighted by molar-refractivity contribution is 14.0. The van der Waals surface area contributed by atoms with Crippen molar-refractivity contribution < 1.29 is 9.53 Å². The Kier molecular flexibility index (Phi) is 10.7. The van der Waals surface area contributed by atoms with E-state index in [1.54, 1.807) is 0 Å². The molecule has 3 N–H and O–H groups in total. The Morgan fingerprint density at radius 3 is 2.52 bits per heavy atom. The number of amides is 1. The Labute approximate surface area is 181 Å². The fourth-order valence-corrected chi connectivity index (χ4v) is 3.66. The number of halogens is 1. The highest BCUT2D eigenvalue weighted by atomic mass is 127. The van der Waals surface area contributed by atoms with Gasteiger partial charge in [-0.3, -0.25) is 9.89 Å². The van der Waals surface area contributed by atoms with Gasteiger partial charge in [0.1, 0.15) is 5.60 Å². The molecule has 1 atom stereocenters. The SMILES string of the molecule is CCNC(=NCCNC(=O)OC(C)(C)C)NC1CCN(C2CCCC2)C1.I. The van der Waals surface area contributed by atoms with E-state index in [0.717, 1.165) is 31.5 Å². The quantitative estimate of drug-likeness (QED) is 0.229. The number of likely N-dealkylation sites (tertiary alicyclic amines) is 1. The van der Waals surface area contributed by atoms with Gasteiger partial charge in [0, 0.05) is 38.3 Å². The van der Waals surface area contributed by atoms with E-state index in [4.69, 9.17) is 4.74 Å². The minimum absolute atomic E-state index is 0. The molecule has 1 aliphatic heterocycles. The first-order valence-corrected chi connectivity index (χ1v) is 10.1. The lowest BCUT2D eigenvalue weighted by molar-refractivity contribution is 0.0529. The van der Waals surface area contributed by atoms with Crippen molar-refractivity contribution in [2.24, 2.45) is 4.99 Å². The van der Waals surface area contributed by atoms with E-state index in [9.17, 15) is 4.79 Å². The number of aliphatic imine (C=N–C) groups is 1. The van der Waals surface area contributed by atoms with Gasteiger partial charge in [-0.2, -0.15) is 0 Å². The Bertz CT molecular complexity index is 475. The van der Waals surface area contributed by atoms with Crippen LogP contribution in [0.15, 0.2) is 4.99 Å². The monoisotopic (exact) mass is 495 g/mol. The second-order valence-corrected chi connectivity index (χ2v) is 8.25. The van der Waals surface area contributed by atoms with Crippen LogP contribution in [0.1, 0.15) is 59.8 Å². The lowest BCUT2D eigenvalue weighted by Crippen LogP contribution is -2.45. The molecule has 1 saturated heterocycles. The number of ether oxygens (including phenoxy) is 1. The van der Waals surface area contributed by atoms with Crippen molar-refractivity contribution in [1.82, 2.24) is 20.9 Å². The van der Waals surface area contributed by atoms with E-state index in [-0.39, 0.29) is 24.0 Å². The minimum atomic E-state index is -0.475. The third-order valence-corrected chi connectivity index (χ3v) is 4.80. The van der Waals surface area contributed by atoms with Gasteiger partial charge in [0.05, 0.1) is 6.54 Å². The smallest absolute Gasteiger partial charge is 0.407 e. The van der Waals surface area contributed by atoms with Crippen LogP contribution < -0.4 is 16.0 Å². The molecular weight excluding hydrogens is 457 g/mol. The molecule has 1 saturated carbocycles. The molecule has 0 spiro atoms. The van der Waals surface area contributed by atoms with Crippen molar-refractivity contribution in [3.05, 3.63) is 0 Å². The highest BCUT2D eigenvalue weighted by Crippen LogP contribution is 2.26. The van der Waals surface area contributed by atoms with Crippen molar-refractivity contribution in [1.29, 1.82) is 0 Å². The maximum absolute atomic E-state index is 11.7. The lowest BCUT2D eigenvalue weighted by Gasteiger charge is -2.24. The Balaban J connectivity index is 0.00000364. The van der Waals surface area contributed by atoms with Crippen molar-refractivity contribution in [3.8, 4) is 0 Å². The summed E-state index contributed by atoms with van der Waals surface area (Å²) in [5.41, 5.74) is -0.475. The summed E-state index contributed by atoms with van der Waals surface area (Å²) in [6.07, 6.45) is 6.25. The van der Waals surface area contributed by atoms with E-state index in [1.165, 1.54) is 32.2 Å². The molecule has 1 aliphatic carbocycles. The molecule has 1 heterocycles. The first-order chi connectivity index (χ1) is 12.4. The number of alkyl carbamates (subject to hydrolysis) is 1. The summed E-state index contributed by atoms with van der Waals surface area (Å²) >= 11 is 0. The first-order valence-electron chi connectivity index (χ1n) is 10.1. The van der Waals surface area contributed by atoms with Crippen molar-refractivity contribution >= 4 is 36.0 Å². The molecule has 0 radical (unpaired) electrons. The van der Waals surface area contributed by atoms with E-state index < -0.39 is 11.7 Å². The van der Waals surface area contributed by atoms with E-state index in [1.807, 2.05) is 20.8 Å². The molecule has 2 aliphatic rings. The normalized spacial score (nSPS) is 21.6. The summed E-state index contributed by atoms with van der Waals surface area (Å²) in [5, 5.41) is 9.59. The van der Waals surface area contributed by atoms with Crippen LogP contribution in [0.5, 0.6) is 0 Å². The average Bonchev–Trinajstić information content (AvgIpc) is 3.21. The number of carbonyl (C=O) groups is 1. The Morgan fingerprint density at radius 1 is 1.19 bits per heavy atom. The van der Waals surface area contributed by atoms with Gasteiger partial charge in [-0.05, 0) is 47.0 Å². The van der Waals surface area contributed by atoms with E-state index >= 15 is 0 Å². The molecule has 8 heteroatoms. The maximum atomic E-state index is 11.7. The van der Waals surface area contributed by atoms with Crippen molar-refractivity contribution in [3.63, 3.8) is 0 Å². The summed E-state index contributed by atoms with van der Waals surface area (Å²) < 4.78 is 5.23. The molecule has 27 heavy (non-hydrogen) atoms. The van der Waals surface area contributed by atoms with Gasteiger partial charge in [-0.15, -0.1) is 24.0 Å². The summed E-state index contributed by atoms with van der Waals surface area (Å²) in [7, 11) is 0. The van der Waals surface area contributed by atoms with Gasteiger partial charge < -0.3 is 20.7 Å². The number of rotatable bonds is 6. The number of nitrogens with one attached hydrogen (secondary N) is 3. The fraction of sp³-hybridized carbons (Fsp3) is 0.895. The van der Waals surface area contributed by atoms with Crippen LogP contribution >= 0.6 is 24.0 Å². The van der Waals surface area contributed by atoms with Gasteiger partial charge in [-0.1, -0.05) is 12.8 Å². The lowest BCUT2D eigenvalue weighted by atomic mass is 10.2. The topological polar surface area (TPSA) is 78.0 Å². The summed E-state index contributed by atoms with van der Waals surface area (Å²) in [6, 6.07) is 1.24. The van der Waals surface area contributed by atoms with Crippen LogP contribution in [0.4, 0.5) is 4.79 Å². The number of guanidine groups is 1. The zero-order valence-electron chi connectivity index (χ0n) is 17.3. The van der Waals surface area contributed by atoms with Crippen molar-refractivity contribution in [2.45, 2.75) is 77.5 Å². The maximum Gasteiger partial charge on any atom is 0.407 e. The highest BCUT2D eigenvalue weighted by Gasteiger charge is 2.30. The third kappa shape index (κ3) is 9.32. The summed E-state index contributed by atoms with van der Waals surface area (Å²) in [5.74, 6) is 0.830. The minimum Gasteiger partial charge on any atom is -0.444 e. The van der Waals surface area contributed by atoms with Gasteiger partial charge >= 0.3 is 6.09 Å². The molecule has 1 amide bonds. The zero-order valence-corrected chi connectivity index (χ0v) is 19.7. The fourth-order valence-electron chi connectivity index (χ4n) is 3.66. The van der Waals surface area contributed by atoms with Gasteiger partial charge in [0.25, 0.3) is 0 Å². The molecule has 2 fully saturated rings. The number of hydrogen-bond acceptors (Lipinski definition) is 4. The Hall–Kier alpha value is -0.770. The second kappa shape index (κ2) is 11.9. The van der Waals surface area contributed by atoms with Crippen molar-refractivity contribution in [2.75, 3.05) is 32.7 Å². The molecule has 0 aromatic carbocycles. The zero-order chi connectivity index (χ0) is 19.0. The van der Waals surface area contributed by atoms with E-state index in [2.05, 4.69) is 32.8 Å². The van der Waals surface area contributed by atoms with Gasteiger partial charge in [0.15, 0.2) is 5.96 Å². The van der Waals surface area contributed by atoms with E-state index in [0.29, 0.717) is 19.1 Å². The molecule has 0 aromatic rings. The Morgan fingerprint density at radius 2 is 1.89 bits per heavy atom. The predicted octanol–water partition coefficient (Wildman–Crippen LogP) is 2.70. The van der Waals surface area contributed by atoms with Crippen LogP contribution in [0.3, 0.4) is 0 Å².